The number of nitrogens with one attached hydrogen (secondary N) is 2. The lowest BCUT2D eigenvalue weighted by Crippen LogP contribution is -2.54. The van der Waals surface area contributed by atoms with Crippen LogP contribution in [-0.4, -0.2) is 61.6 Å². The molecule has 0 saturated carbocycles. The highest BCUT2D eigenvalue weighted by atomic mass is 16.5. The van der Waals surface area contributed by atoms with Gasteiger partial charge in [0.1, 0.15) is 6.04 Å². The standard InChI is InChI=1S/C14H25N3O3/c1-11(14(19)17-7-9-20-10-8-17)16-13(18)12-5-3-2-4-6-15-12/h11-12,15H,2-10H2,1H3,(H,16,18). The van der Waals surface area contributed by atoms with E-state index < -0.39 is 6.04 Å². The average molecular weight is 283 g/mol. The Kier molecular flexibility index (Phi) is 5.79. The molecule has 2 rings (SSSR count). The van der Waals surface area contributed by atoms with Crippen LogP contribution in [0.5, 0.6) is 0 Å². The molecule has 6 heteroatoms. The van der Waals surface area contributed by atoms with Crippen LogP contribution in [-0.2, 0) is 14.3 Å². The molecule has 2 N–H and O–H groups in total. The van der Waals surface area contributed by atoms with Gasteiger partial charge in [0.15, 0.2) is 0 Å². The predicted molar refractivity (Wildman–Crippen MR) is 75.3 cm³/mol. The van der Waals surface area contributed by atoms with Crippen LogP contribution in [0.3, 0.4) is 0 Å². The van der Waals surface area contributed by atoms with Crippen molar-refractivity contribution < 1.29 is 14.3 Å². The molecule has 2 unspecified atom stereocenters. The van der Waals surface area contributed by atoms with E-state index in [2.05, 4.69) is 10.6 Å². The Labute approximate surface area is 120 Å². The summed E-state index contributed by atoms with van der Waals surface area (Å²) in [5.74, 6) is -0.0729. The minimum Gasteiger partial charge on any atom is -0.378 e. The summed E-state index contributed by atoms with van der Waals surface area (Å²) in [6.07, 6.45) is 4.20. The molecule has 2 heterocycles. The lowest BCUT2D eigenvalue weighted by Gasteiger charge is -2.30. The first-order valence-electron chi connectivity index (χ1n) is 7.59. The average Bonchev–Trinajstić information content (AvgIpc) is 2.76. The van der Waals surface area contributed by atoms with E-state index in [1.807, 2.05) is 0 Å². The first-order chi connectivity index (χ1) is 9.68. The van der Waals surface area contributed by atoms with Gasteiger partial charge in [-0.2, -0.15) is 0 Å². The largest absolute Gasteiger partial charge is 0.378 e. The van der Waals surface area contributed by atoms with E-state index in [-0.39, 0.29) is 17.9 Å². The van der Waals surface area contributed by atoms with E-state index >= 15 is 0 Å². The highest BCUT2D eigenvalue weighted by Gasteiger charge is 2.26. The van der Waals surface area contributed by atoms with Gasteiger partial charge in [-0.1, -0.05) is 12.8 Å². The van der Waals surface area contributed by atoms with Gasteiger partial charge >= 0.3 is 0 Å². The summed E-state index contributed by atoms with van der Waals surface area (Å²) in [7, 11) is 0. The fourth-order valence-electron chi connectivity index (χ4n) is 2.69. The number of morpholine rings is 1. The van der Waals surface area contributed by atoms with Crippen molar-refractivity contribution in [2.75, 3.05) is 32.8 Å². The molecule has 0 aromatic carbocycles. The third kappa shape index (κ3) is 4.18. The van der Waals surface area contributed by atoms with E-state index in [0.29, 0.717) is 26.3 Å². The summed E-state index contributed by atoms with van der Waals surface area (Å²) in [4.78, 5) is 26.2. The van der Waals surface area contributed by atoms with Crippen LogP contribution in [0.4, 0.5) is 0 Å². The van der Waals surface area contributed by atoms with Gasteiger partial charge in [-0.05, 0) is 26.3 Å². The molecule has 0 spiro atoms. The molecule has 6 nitrogen and oxygen atoms in total. The molecule has 0 aromatic rings. The van der Waals surface area contributed by atoms with Gasteiger partial charge in [0.25, 0.3) is 0 Å². The number of nitrogens with zero attached hydrogens (tertiary/aromatic N) is 1. The van der Waals surface area contributed by atoms with Crippen molar-refractivity contribution in [3.8, 4) is 0 Å². The summed E-state index contributed by atoms with van der Waals surface area (Å²) < 4.78 is 5.23. The van der Waals surface area contributed by atoms with Crippen molar-refractivity contribution >= 4 is 11.8 Å². The van der Waals surface area contributed by atoms with Gasteiger partial charge in [0.2, 0.25) is 11.8 Å². The number of ether oxygens (including phenoxy) is 1. The highest BCUT2D eigenvalue weighted by molar-refractivity contribution is 5.89. The smallest absolute Gasteiger partial charge is 0.245 e. The Bertz CT molecular complexity index is 335. The minimum atomic E-state index is -0.467. The van der Waals surface area contributed by atoms with E-state index in [0.717, 1.165) is 25.8 Å². The third-order valence-electron chi connectivity index (χ3n) is 3.93. The Morgan fingerprint density at radius 2 is 2.00 bits per heavy atom. The molecule has 2 aliphatic heterocycles. The maximum Gasteiger partial charge on any atom is 0.245 e. The Hall–Kier alpha value is -1.14. The number of hydrogen-bond donors (Lipinski definition) is 2. The van der Waals surface area contributed by atoms with E-state index in [4.69, 9.17) is 4.74 Å². The lowest BCUT2D eigenvalue weighted by atomic mass is 10.1. The van der Waals surface area contributed by atoms with Crippen molar-refractivity contribution in [1.82, 2.24) is 15.5 Å². The second-order valence-corrected chi connectivity index (χ2v) is 5.52. The van der Waals surface area contributed by atoms with Crippen LogP contribution in [0.1, 0.15) is 32.6 Å². The SMILES string of the molecule is CC(NC(=O)C1CCCCCN1)C(=O)N1CCOCC1. The van der Waals surface area contributed by atoms with Crippen molar-refractivity contribution in [2.24, 2.45) is 0 Å². The zero-order chi connectivity index (χ0) is 14.4. The summed E-state index contributed by atoms with van der Waals surface area (Å²) in [6.45, 7) is 5.02. The molecule has 0 aromatic heterocycles. The van der Waals surface area contributed by atoms with Gasteiger partial charge in [0, 0.05) is 13.1 Å². The number of carbonyl (C=O) groups is 2. The molecular weight excluding hydrogens is 258 g/mol. The molecule has 2 amide bonds. The molecule has 2 atom stereocenters. The normalized spacial score (nSPS) is 25.6. The lowest BCUT2D eigenvalue weighted by molar-refractivity contribution is -0.139. The molecule has 20 heavy (non-hydrogen) atoms. The Balaban J connectivity index is 1.81. The van der Waals surface area contributed by atoms with Crippen molar-refractivity contribution in [3.05, 3.63) is 0 Å². The van der Waals surface area contributed by atoms with Crippen LogP contribution in [0.15, 0.2) is 0 Å². The van der Waals surface area contributed by atoms with Gasteiger partial charge in [-0.15, -0.1) is 0 Å². The van der Waals surface area contributed by atoms with E-state index in [1.165, 1.54) is 6.42 Å². The van der Waals surface area contributed by atoms with E-state index in [1.54, 1.807) is 11.8 Å². The van der Waals surface area contributed by atoms with Crippen LogP contribution < -0.4 is 10.6 Å². The van der Waals surface area contributed by atoms with E-state index in [9.17, 15) is 9.59 Å². The first kappa shape index (κ1) is 15.3. The maximum absolute atomic E-state index is 12.2. The Morgan fingerprint density at radius 1 is 1.25 bits per heavy atom. The molecular formula is C14H25N3O3. The highest BCUT2D eigenvalue weighted by Crippen LogP contribution is 2.09. The Morgan fingerprint density at radius 3 is 2.75 bits per heavy atom. The van der Waals surface area contributed by atoms with Crippen LogP contribution in [0, 0.1) is 0 Å². The summed E-state index contributed by atoms with van der Waals surface area (Å²) in [5.41, 5.74) is 0. The quantitative estimate of drug-likeness (QED) is 0.758. The van der Waals surface area contributed by atoms with Crippen molar-refractivity contribution in [1.29, 1.82) is 0 Å². The maximum atomic E-state index is 12.2. The fraction of sp³-hybridized carbons (Fsp3) is 0.857. The second-order valence-electron chi connectivity index (χ2n) is 5.52. The molecule has 114 valence electrons. The van der Waals surface area contributed by atoms with Crippen molar-refractivity contribution in [3.63, 3.8) is 0 Å². The predicted octanol–water partition coefficient (Wildman–Crippen LogP) is -0.118. The van der Waals surface area contributed by atoms with Crippen molar-refractivity contribution in [2.45, 2.75) is 44.7 Å². The minimum absolute atomic E-state index is 0.0183. The number of carbonyl (C=O) groups excluding carboxylic acids is 2. The van der Waals surface area contributed by atoms with Crippen LogP contribution in [0.25, 0.3) is 0 Å². The summed E-state index contributed by atoms with van der Waals surface area (Å²) >= 11 is 0. The molecule has 2 saturated heterocycles. The van der Waals surface area contributed by atoms with Crippen LogP contribution in [0.2, 0.25) is 0 Å². The van der Waals surface area contributed by atoms with Gasteiger partial charge in [-0.3, -0.25) is 9.59 Å². The zero-order valence-corrected chi connectivity index (χ0v) is 12.2. The zero-order valence-electron chi connectivity index (χ0n) is 12.2. The molecule has 2 aliphatic rings. The molecule has 2 fully saturated rings. The number of hydrogen-bond acceptors (Lipinski definition) is 4. The second kappa shape index (κ2) is 7.59. The topological polar surface area (TPSA) is 70.7 Å². The summed E-state index contributed by atoms with van der Waals surface area (Å²) in [5, 5.41) is 6.09. The fourth-order valence-corrected chi connectivity index (χ4v) is 2.69. The first-order valence-corrected chi connectivity index (χ1v) is 7.59. The number of amides is 2. The molecule has 0 aliphatic carbocycles. The third-order valence-corrected chi connectivity index (χ3v) is 3.93. The van der Waals surface area contributed by atoms with Gasteiger partial charge in [0.05, 0.1) is 19.3 Å². The van der Waals surface area contributed by atoms with Gasteiger partial charge < -0.3 is 20.3 Å². The van der Waals surface area contributed by atoms with Gasteiger partial charge in [-0.25, -0.2) is 0 Å². The summed E-state index contributed by atoms with van der Waals surface area (Å²) in [6, 6.07) is -0.622. The van der Waals surface area contributed by atoms with Crippen LogP contribution >= 0.6 is 0 Å². The number of rotatable bonds is 3. The monoisotopic (exact) mass is 283 g/mol. The molecule has 0 bridgehead atoms. The molecule has 0 radical (unpaired) electrons.